The molecule has 1 N–H and O–H groups in total. The molecule has 116 valence electrons. The van der Waals surface area contributed by atoms with Crippen LogP contribution in [0.3, 0.4) is 0 Å². The summed E-state index contributed by atoms with van der Waals surface area (Å²) in [5.74, 6) is 0. The molecular weight excluding hydrogens is 260 g/mol. The fraction of sp³-hybridized carbons (Fsp3) is 0.667. The minimum absolute atomic E-state index is 0.335. The van der Waals surface area contributed by atoms with E-state index in [9.17, 15) is 5.11 Å². The first-order valence-corrected chi connectivity index (χ1v) is 8.36. The van der Waals surface area contributed by atoms with Gasteiger partial charge in [0.1, 0.15) is 0 Å². The Morgan fingerprint density at radius 3 is 3.00 bits per heavy atom. The van der Waals surface area contributed by atoms with Gasteiger partial charge >= 0.3 is 0 Å². The number of aliphatic hydroxyl groups is 1. The fourth-order valence-electron chi connectivity index (χ4n) is 3.89. The Bertz CT molecular complexity index is 476. The number of hydrogen-bond acceptors (Lipinski definition) is 3. The summed E-state index contributed by atoms with van der Waals surface area (Å²) in [6.45, 7) is 9.08. The summed E-state index contributed by atoms with van der Waals surface area (Å²) in [7, 11) is 0. The van der Waals surface area contributed by atoms with E-state index in [1.807, 2.05) is 12.1 Å². The zero-order valence-electron chi connectivity index (χ0n) is 13.3. The maximum absolute atomic E-state index is 10.4. The molecule has 2 aliphatic heterocycles. The first-order chi connectivity index (χ1) is 10.1. The van der Waals surface area contributed by atoms with Crippen LogP contribution >= 0.6 is 0 Å². The number of piperazine rings is 1. The van der Waals surface area contributed by atoms with Gasteiger partial charge in [-0.2, -0.15) is 0 Å². The Kier molecular flexibility index (Phi) is 4.63. The van der Waals surface area contributed by atoms with E-state index in [2.05, 4.69) is 35.8 Å². The van der Waals surface area contributed by atoms with Crippen molar-refractivity contribution in [2.24, 2.45) is 0 Å². The van der Waals surface area contributed by atoms with E-state index in [-0.39, 0.29) is 6.10 Å². The highest BCUT2D eigenvalue weighted by atomic mass is 16.3. The van der Waals surface area contributed by atoms with E-state index in [0.29, 0.717) is 6.04 Å². The number of fused-ring (bicyclic) bond motifs is 1. The van der Waals surface area contributed by atoms with Gasteiger partial charge in [-0.15, -0.1) is 0 Å². The van der Waals surface area contributed by atoms with Gasteiger partial charge in [-0.1, -0.05) is 29.8 Å². The van der Waals surface area contributed by atoms with Gasteiger partial charge < -0.3 is 5.11 Å². The van der Waals surface area contributed by atoms with Crippen molar-refractivity contribution in [3.05, 3.63) is 35.4 Å². The number of aliphatic hydroxyl groups excluding tert-OH is 1. The normalized spacial score (nSPS) is 28.5. The molecule has 2 fully saturated rings. The lowest BCUT2D eigenvalue weighted by molar-refractivity contribution is 0.0458. The highest BCUT2D eigenvalue weighted by molar-refractivity contribution is 5.24. The molecule has 1 aromatic rings. The van der Waals surface area contributed by atoms with E-state index in [1.54, 1.807) is 0 Å². The van der Waals surface area contributed by atoms with Crippen LogP contribution in [0.5, 0.6) is 0 Å². The third kappa shape index (κ3) is 3.47. The Hall–Kier alpha value is -0.900. The topological polar surface area (TPSA) is 26.7 Å². The van der Waals surface area contributed by atoms with Crippen molar-refractivity contribution in [3.8, 4) is 0 Å². The highest BCUT2D eigenvalue weighted by Gasteiger charge is 2.34. The van der Waals surface area contributed by atoms with Crippen LogP contribution in [0.1, 0.15) is 43.4 Å². The predicted molar refractivity (Wildman–Crippen MR) is 86.4 cm³/mol. The monoisotopic (exact) mass is 288 g/mol. The van der Waals surface area contributed by atoms with E-state index in [4.69, 9.17) is 0 Å². The van der Waals surface area contributed by atoms with Crippen molar-refractivity contribution in [1.82, 2.24) is 9.80 Å². The molecule has 3 atom stereocenters. The molecule has 2 heterocycles. The first-order valence-electron chi connectivity index (χ1n) is 8.36. The van der Waals surface area contributed by atoms with Gasteiger partial charge in [0.25, 0.3) is 0 Å². The summed E-state index contributed by atoms with van der Waals surface area (Å²) in [5, 5.41) is 10.4. The molecule has 0 saturated carbocycles. The van der Waals surface area contributed by atoms with Gasteiger partial charge in [0, 0.05) is 31.7 Å². The summed E-state index contributed by atoms with van der Waals surface area (Å²) < 4.78 is 0. The molecule has 3 rings (SSSR count). The third-order valence-corrected chi connectivity index (χ3v) is 5.18. The van der Waals surface area contributed by atoms with Gasteiger partial charge in [-0.3, -0.25) is 9.80 Å². The summed E-state index contributed by atoms with van der Waals surface area (Å²) in [6, 6.07) is 9.63. The van der Waals surface area contributed by atoms with Crippen molar-refractivity contribution in [1.29, 1.82) is 0 Å². The Morgan fingerprint density at radius 1 is 1.33 bits per heavy atom. The van der Waals surface area contributed by atoms with Crippen molar-refractivity contribution in [2.75, 3.05) is 26.2 Å². The zero-order chi connectivity index (χ0) is 14.8. The average molecular weight is 288 g/mol. The van der Waals surface area contributed by atoms with E-state index in [0.717, 1.165) is 24.6 Å². The molecule has 0 bridgehead atoms. The molecule has 0 aromatic heterocycles. The van der Waals surface area contributed by atoms with Gasteiger partial charge in [0.15, 0.2) is 0 Å². The summed E-state index contributed by atoms with van der Waals surface area (Å²) in [4.78, 5) is 5.23. The molecule has 2 saturated heterocycles. The maximum atomic E-state index is 10.4. The van der Waals surface area contributed by atoms with Crippen molar-refractivity contribution < 1.29 is 5.11 Å². The standard InChI is InChI=1S/C18H28N2O/c1-14-5-3-6-16(11-14)18(21)8-10-19-13-17-7-4-9-20(17)12-15(19)2/h3,5-6,11,15,17-18,21H,4,7-10,12-13H2,1-2H3. The summed E-state index contributed by atoms with van der Waals surface area (Å²) in [5.41, 5.74) is 2.28. The molecule has 3 nitrogen and oxygen atoms in total. The van der Waals surface area contributed by atoms with Gasteiger partial charge in [0.2, 0.25) is 0 Å². The van der Waals surface area contributed by atoms with Crippen molar-refractivity contribution >= 4 is 0 Å². The predicted octanol–water partition coefficient (Wildman–Crippen LogP) is 2.59. The van der Waals surface area contributed by atoms with Crippen LogP contribution in [0.2, 0.25) is 0 Å². The molecule has 0 spiro atoms. The van der Waals surface area contributed by atoms with Crippen LogP contribution in [0.4, 0.5) is 0 Å². The largest absolute Gasteiger partial charge is 0.388 e. The number of aryl methyl sites for hydroxylation is 1. The third-order valence-electron chi connectivity index (χ3n) is 5.18. The van der Waals surface area contributed by atoms with Crippen LogP contribution in [0, 0.1) is 6.92 Å². The first kappa shape index (κ1) is 15.0. The molecule has 2 aliphatic rings. The highest BCUT2D eigenvalue weighted by Crippen LogP contribution is 2.26. The van der Waals surface area contributed by atoms with E-state index < -0.39 is 0 Å². The number of benzene rings is 1. The van der Waals surface area contributed by atoms with E-state index >= 15 is 0 Å². The molecule has 0 aliphatic carbocycles. The van der Waals surface area contributed by atoms with E-state index in [1.165, 1.54) is 38.0 Å². The lowest BCUT2D eigenvalue weighted by atomic mass is 10.0. The second-order valence-electron chi connectivity index (χ2n) is 6.85. The summed E-state index contributed by atoms with van der Waals surface area (Å²) >= 11 is 0. The Labute approximate surface area is 128 Å². The molecule has 0 amide bonds. The molecule has 3 heteroatoms. The molecule has 0 radical (unpaired) electrons. The number of hydrogen-bond donors (Lipinski definition) is 1. The van der Waals surface area contributed by atoms with Gasteiger partial charge in [-0.25, -0.2) is 0 Å². The average Bonchev–Trinajstić information content (AvgIpc) is 2.91. The number of nitrogens with zero attached hydrogens (tertiary/aromatic N) is 2. The van der Waals surface area contributed by atoms with Crippen LogP contribution in [0.25, 0.3) is 0 Å². The quantitative estimate of drug-likeness (QED) is 0.922. The molecular formula is C18H28N2O. The van der Waals surface area contributed by atoms with Crippen LogP contribution in [-0.4, -0.2) is 53.2 Å². The Morgan fingerprint density at radius 2 is 2.19 bits per heavy atom. The van der Waals surface area contributed by atoms with Crippen LogP contribution in [0.15, 0.2) is 24.3 Å². The van der Waals surface area contributed by atoms with Gasteiger partial charge in [0.05, 0.1) is 6.10 Å². The lowest BCUT2D eigenvalue weighted by Crippen LogP contribution is -2.55. The van der Waals surface area contributed by atoms with Crippen LogP contribution < -0.4 is 0 Å². The summed E-state index contributed by atoms with van der Waals surface area (Å²) in [6.07, 6.45) is 3.21. The molecule has 3 unspecified atom stereocenters. The minimum Gasteiger partial charge on any atom is -0.388 e. The smallest absolute Gasteiger partial charge is 0.0802 e. The second-order valence-corrected chi connectivity index (χ2v) is 6.85. The number of rotatable bonds is 4. The lowest BCUT2D eigenvalue weighted by Gasteiger charge is -2.42. The SMILES string of the molecule is Cc1cccc(C(O)CCN2CC3CCCN3CC2C)c1. The molecule has 1 aromatic carbocycles. The fourth-order valence-corrected chi connectivity index (χ4v) is 3.89. The van der Waals surface area contributed by atoms with Gasteiger partial charge in [-0.05, 0) is 45.2 Å². The zero-order valence-corrected chi connectivity index (χ0v) is 13.3. The minimum atomic E-state index is -0.335. The van der Waals surface area contributed by atoms with Crippen LogP contribution in [-0.2, 0) is 0 Å². The second kappa shape index (κ2) is 6.47. The van der Waals surface area contributed by atoms with Crippen molar-refractivity contribution in [3.63, 3.8) is 0 Å². The Balaban J connectivity index is 1.54. The van der Waals surface area contributed by atoms with Crippen molar-refractivity contribution in [2.45, 2.75) is 51.3 Å². The molecule has 21 heavy (non-hydrogen) atoms. The maximum Gasteiger partial charge on any atom is 0.0802 e.